The van der Waals surface area contributed by atoms with Gasteiger partial charge in [-0.1, -0.05) is 39.8 Å². The van der Waals surface area contributed by atoms with Crippen LogP contribution in [-0.2, 0) is 49.9 Å². The van der Waals surface area contributed by atoms with Crippen molar-refractivity contribution in [2.24, 2.45) is 36.6 Å². The van der Waals surface area contributed by atoms with Gasteiger partial charge in [0, 0.05) is 83.0 Å². The molecule has 4 heterocycles. The predicted octanol–water partition coefficient (Wildman–Crippen LogP) is 7.11. The van der Waals surface area contributed by atoms with Crippen LogP contribution in [0.4, 0.5) is 5.69 Å². The molecule has 1 saturated carbocycles. The topological polar surface area (TPSA) is 166 Å². The molecule has 1 aliphatic carbocycles. The van der Waals surface area contributed by atoms with Gasteiger partial charge in [0.15, 0.2) is 0 Å². The molecule has 3 fully saturated rings. The molecule has 6 rings (SSSR count). The SMILES string of the molecule is CCC1/C=C(\C)C(O)C(C)CC(OC)C2OC(O)(C(=O)C(=O)N3CCCCC3C(=O)OC(C(C)=CC3CCC(N(C)c4ccc5c(ccn5C)c4)C(OC)C3)C(C)CCC1=O)C(C)CC2OC. The van der Waals surface area contributed by atoms with E-state index in [4.69, 9.17) is 23.7 Å². The second-order valence-corrected chi connectivity index (χ2v) is 20.3. The highest BCUT2D eigenvalue weighted by atomic mass is 16.7. The van der Waals surface area contributed by atoms with E-state index in [0.29, 0.717) is 31.3 Å². The summed E-state index contributed by atoms with van der Waals surface area (Å²) < 4.78 is 32.8. The minimum atomic E-state index is -2.54. The summed E-state index contributed by atoms with van der Waals surface area (Å²) in [7, 11) is 8.93. The molecule has 4 aliphatic rings. The Morgan fingerprint density at radius 2 is 1.63 bits per heavy atom. The molecule has 14 nitrogen and oxygen atoms in total. The van der Waals surface area contributed by atoms with E-state index in [2.05, 4.69) is 53.1 Å². The number of aliphatic hydroxyl groups is 2. The van der Waals surface area contributed by atoms with E-state index >= 15 is 0 Å². The highest BCUT2D eigenvalue weighted by Crippen LogP contribution is 2.40. The van der Waals surface area contributed by atoms with Crippen LogP contribution in [0.15, 0.2) is 53.8 Å². The molecule has 2 aromatic rings. The number of Topliss-reactive ketones (excluding diaryl/α,β-unsaturated/α-hetero) is 2. The molecule has 0 radical (unpaired) electrons. The fourth-order valence-electron chi connectivity index (χ4n) is 11.4. The molecular weight excluding hydrogens is 855 g/mol. The number of carbonyl (C=O) groups excluding carboxylic acids is 4. The van der Waals surface area contributed by atoms with Gasteiger partial charge in [-0.25, -0.2) is 4.79 Å². The van der Waals surface area contributed by atoms with Gasteiger partial charge in [0.2, 0.25) is 5.79 Å². The van der Waals surface area contributed by atoms with Crippen molar-refractivity contribution in [3.05, 3.63) is 53.8 Å². The summed E-state index contributed by atoms with van der Waals surface area (Å²) >= 11 is 0. The van der Waals surface area contributed by atoms with Gasteiger partial charge in [0.1, 0.15) is 24.0 Å². The third-order valence-corrected chi connectivity index (χ3v) is 15.8. The van der Waals surface area contributed by atoms with Gasteiger partial charge < -0.3 is 48.3 Å². The number of amides is 1. The quantitative estimate of drug-likeness (QED) is 0.157. The predicted molar refractivity (Wildman–Crippen MR) is 257 cm³/mol. The minimum Gasteiger partial charge on any atom is -0.456 e. The molecular formula is C53H79N3O11. The van der Waals surface area contributed by atoms with Crippen LogP contribution < -0.4 is 4.90 Å². The van der Waals surface area contributed by atoms with Crippen molar-refractivity contribution in [3.63, 3.8) is 0 Å². The second kappa shape index (κ2) is 22.7. The third-order valence-electron chi connectivity index (χ3n) is 15.8. The molecule has 14 unspecified atom stereocenters. The molecule has 2 bridgehead atoms. The maximum atomic E-state index is 14.6. The third kappa shape index (κ3) is 11.4. The number of hydrogen-bond acceptors (Lipinski definition) is 12. The van der Waals surface area contributed by atoms with Crippen LogP contribution in [0.1, 0.15) is 112 Å². The molecule has 2 saturated heterocycles. The number of esters is 1. The van der Waals surface area contributed by atoms with Crippen LogP contribution >= 0.6 is 0 Å². The lowest BCUT2D eigenvalue weighted by Gasteiger charge is -2.47. The number of aliphatic hydroxyl groups excluding tert-OH is 1. The minimum absolute atomic E-state index is 0.0345. The molecule has 14 atom stereocenters. The maximum Gasteiger partial charge on any atom is 0.329 e. The molecule has 0 spiro atoms. The summed E-state index contributed by atoms with van der Waals surface area (Å²) in [6.07, 6.45) is 7.70. The molecule has 3 aliphatic heterocycles. The fourth-order valence-corrected chi connectivity index (χ4v) is 11.4. The van der Waals surface area contributed by atoms with Gasteiger partial charge in [0.25, 0.3) is 11.7 Å². The van der Waals surface area contributed by atoms with E-state index in [1.165, 1.54) is 30.0 Å². The molecule has 372 valence electrons. The smallest absolute Gasteiger partial charge is 0.329 e. The van der Waals surface area contributed by atoms with Crippen molar-refractivity contribution in [1.82, 2.24) is 9.47 Å². The number of carbonyl (C=O) groups is 4. The van der Waals surface area contributed by atoms with E-state index in [0.717, 1.165) is 30.5 Å². The zero-order valence-corrected chi connectivity index (χ0v) is 41.9. The molecule has 1 amide bonds. The van der Waals surface area contributed by atoms with Crippen molar-refractivity contribution in [1.29, 1.82) is 0 Å². The number of ketones is 2. The number of cyclic esters (lactones) is 1. The summed E-state index contributed by atoms with van der Waals surface area (Å²) in [4.78, 5) is 60.9. The highest BCUT2D eigenvalue weighted by Gasteiger charge is 2.56. The number of aryl methyl sites for hydroxylation is 1. The Bertz CT molecular complexity index is 2120. The number of aromatic nitrogens is 1. The average Bonchev–Trinajstić information content (AvgIpc) is 3.71. The number of piperidine rings is 1. The van der Waals surface area contributed by atoms with Crippen molar-refractivity contribution < 1.29 is 53.1 Å². The molecule has 1 aromatic carbocycles. The number of benzene rings is 1. The summed E-state index contributed by atoms with van der Waals surface area (Å²) in [5.74, 6) is -7.14. The lowest BCUT2D eigenvalue weighted by Crippen LogP contribution is -2.64. The highest BCUT2D eigenvalue weighted by molar-refractivity contribution is 6.39. The van der Waals surface area contributed by atoms with Gasteiger partial charge in [0.05, 0.1) is 30.5 Å². The Hall–Kier alpha value is -3.92. The Balaban J connectivity index is 1.30. The van der Waals surface area contributed by atoms with E-state index < -0.39 is 71.8 Å². The number of anilines is 1. The van der Waals surface area contributed by atoms with Gasteiger partial charge in [-0.3, -0.25) is 14.4 Å². The van der Waals surface area contributed by atoms with Crippen LogP contribution in [0.3, 0.4) is 0 Å². The molecule has 1 aromatic heterocycles. The number of methoxy groups -OCH3 is 3. The van der Waals surface area contributed by atoms with E-state index in [-0.39, 0.29) is 67.9 Å². The lowest BCUT2D eigenvalue weighted by molar-refractivity contribution is -0.302. The summed E-state index contributed by atoms with van der Waals surface area (Å²) in [5, 5.41) is 24.9. The van der Waals surface area contributed by atoms with Crippen LogP contribution in [0.5, 0.6) is 0 Å². The summed E-state index contributed by atoms with van der Waals surface area (Å²) in [6.45, 7) is 11.4. The van der Waals surface area contributed by atoms with Gasteiger partial charge in [-0.05, 0) is 131 Å². The van der Waals surface area contributed by atoms with Crippen molar-refractivity contribution in [2.45, 2.75) is 167 Å². The van der Waals surface area contributed by atoms with Crippen LogP contribution in [-0.4, -0.2) is 133 Å². The van der Waals surface area contributed by atoms with Gasteiger partial charge >= 0.3 is 5.97 Å². The van der Waals surface area contributed by atoms with Crippen LogP contribution in [0.2, 0.25) is 0 Å². The first-order chi connectivity index (χ1) is 31.9. The van der Waals surface area contributed by atoms with E-state index in [9.17, 15) is 29.4 Å². The Morgan fingerprint density at radius 3 is 2.31 bits per heavy atom. The summed E-state index contributed by atoms with van der Waals surface area (Å²) in [6, 6.07) is 7.74. The number of nitrogens with zero attached hydrogens (tertiary/aromatic N) is 3. The maximum absolute atomic E-state index is 14.6. The van der Waals surface area contributed by atoms with Crippen molar-refractivity contribution in [3.8, 4) is 0 Å². The first-order valence-electron chi connectivity index (χ1n) is 24.8. The fraction of sp³-hybridized carbons (Fsp3) is 0.698. The second-order valence-electron chi connectivity index (χ2n) is 20.3. The number of rotatable bonds is 8. The Kier molecular flexibility index (Phi) is 17.7. The first-order valence-corrected chi connectivity index (χ1v) is 24.8. The largest absolute Gasteiger partial charge is 0.456 e. The first kappa shape index (κ1) is 52.5. The Labute approximate surface area is 398 Å². The van der Waals surface area contributed by atoms with Crippen molar-refractivity contribution in [2.75, 3.05) is 39.8 Å². The number of ether oxygens (including phenoxy) is 5. The number of allylic oxidation sites excluding steroid dienone is 2. The Morgan fingerprint density at radius 1 is 0.925 bits per heavy atom. The van der Waals surface area contributed by atoms with Gasteiger partial charge in [-0.2, -0.15) is 0 Å². The zero-order valence-electron chi connectivity index (χ0n) is 41.9. The standard InChI is InChI=1S/C53H79N3O11/c1-12-37-26-32(3)47(58)33(4)27-45(64-10)49-46(65-11)28-35(6)53(62,67-49)50(59)51(60)56-23-14-13-15-42(56)52(61)66-48(31(2)16-21-43(37)57)34(5)25-36-17-19-41(44(29-36)63-9)55(8)39-18-20-40-38(30-39)22-24-54(40)7/h18,20,22,24-26,30-31,33,35-37,41-42,44-49,58,62H,12-17,19,21,23,27-29H2,1-11H3/b32-26+,34-25?. The number of hydrogen-bond donors (Lipinski definition) is 2. The average molecular weight is 934 g/mol. The molecule has 2 N–H and O–H groups in total. The van der Waals surface area contributed by atoms with Crippen LogP contribution in [0, 0.1) is 29.6 Å². The summed E-state index contributed by atoms with van der Waals surface area (Å²) in [5.41, 5.74) is 3.80. The van der Waals surface area contributed by atoms with Crippen molar-refractivity contribution >= 4 is 40.0 Å². The lowest BCUT2D eigenvalue weighted by atomic mass is 9.80. The number of likely N-dealkylation sites (N-methyl/N-ethyl adjacent to an activating group) is 1. The van der Waals surface area contributed by atoms with Crippen LogP contribution in [0.25, 0.3) is 10.9 Å². The zero-order chi connectivity index (χ0) is 48.9. The normalized spacial score (nSPS) is 36.7. The van der Waals surface area contributed by atoms with Gasteiger partial charge in [-0.15, -0.1) is 0 Å². The number of fused-ring (bicyclic) bond motifs is 4. The molecule has 14 heteroatoms. The monoisotopic (exact) mass is 934 g/mol. The molecule has 67 heavy (non-hydrogen) atoms. The van der Waals surface area contributed by atoms with E-state index in [1.54, 1.807) is 14.0 Å². The van der Waals surface area contributed by atoms with E-state index in [1.807, 2.05) is 47.7 Å².